The molecule has 3 nitrogen and oxygen atoms in total. The van der Waals surface area contributed by atoms with E-state index in [1.165, 1.54) is 27.1 Å². The van der Waals surface area contributed by atoms with Gasteiger partial charge in [0, 0.05) is 17.3 Å². The van der Waals surface area contributed by atoms with Crippen molar-refractivity contribution in [1.29, 1.82) is 0 Å². The van der Waals surface area contributed by atoms with Crippen LogP contribution in [0.3, 0.4) is 0 Å². The second-order valence-electron chi connectivity index (χ2n) is 7.67. The summed E-state index contributed by atoms with van der Waals surface area (Å²) in [6, 6.07) is 21.8. The van der Waals surface area contributed by atoms with Crippen LogP contribution in [0.5, 0.6) is 0 Å². The van der Waals surface area contributed by atoms with Crippen LogP contribution in [0.2, 0.25) is 0 Å². The number of thiophene rings is 1. The van der Waals surface area contributed by atoms with Crippen molar-refractivity contribution in [1.82, 2.24) is 4.90 Å². The maximum atomic E-state index is 11.1. The third-order valence-electron chi connectivity index (χ3n) is 5.65. The highest BCUT2D eigenvalue weighted by Gasteiger charge is 2.32. The van der Waals surface area contributed by atoms with Gasteiger partial charge in [-0.3, -0.25) is 9.69 Å². The second kappa shape index (κ2) is 8.29. The Bertz CT molecular complexity index is 937. The van der Waals surface area contributed by atoms with Crippen molar-refractivity contribution in [3.8, 4) is 10.4 Å². The van der Waals surface area contributed by atoms with Crippen LogP contribution in [0.25, 0.3) is 10.4 Å². The molecule has 3 aromatic rings. The molecule has 0 saturated carbocycles. The van der Waals surface area contributed by atoms with Crippen LogP contribution in [0.4, 0.5) is 0 Å². The predicted molar refractivity (Wildman–Crippen MR) is 115 cm³/mol. The molecule has 4 heteroatoms. The number of hydrogen-bond acceptors (Lipinski definition) is 3. The summed E-state index contributed by atoms with van der Waals surface area (Å²) < 4.78 is 0. The lowest BCUT2D eigenvalue weighted by atomic mass is 9.71. The zero-order chi connectivity index (χ0) is 19.5. The quantitative estimate of drug-likeness (QED) is 0.634. The lowest BCUT2D eigenvalue weighted by molar-refractivity contribution is -0.138. The molecule has 1 aliphatic carbocycles. The van der Waals surface area contributed by atoms with Crippen LogP contribution in [0, 0.1) is 5.92 Å². The average Bonchev–Trinajstić information content (AvgIpc) is 3.22. The van der Waals surface area contributed by atoms with Crippen molar-refractivity contribution in [3.05, 3.63) is 82.7 Å². The molecule has 144 valence electrons. The second-order valence-corrected chi connectivity index (χ2v) is 8.62. The van der Waals surface area contributed by atoms with E-state index < -0.39 is 5.97 Å². The number of carboxylic acid groups (broad SMARTS) is 1. The van der Waals surface area contributed by atoms with Crippen LogP contribution in [0.1, 0.15) is 29.0 Å². The van der Waals surface area contributed by atoms with Gasteiger partial charge in [0.1, 0.15) is 0 Å². The van der Waals surface area contributed by atoms with Gasteiger partial charge in [-0.15, -0.1) is 11.3 Å². The summed E-state index contributed by atoms with van der Waals surface area (Å²) in [7, 11) is 1.91. The summed E-state index contributed by atoms with van der Waals surface area (Å²) in [5, 5.41) is 11.3. The highest BCUT2D eigenvalue weighted by atomic mass is 32.1. The zero-order valence-corrected chi connectivity index (χ0v) is 16.9. The third kappa shape index (κ3) is 4.03. The predicted octanol–water partition coefficient (Wildman–Crippen LogP) is 5.13. The summed E-state index contributed by atoms with van der Waals surface area (Å²) in [6.07, 6.45) is 2.12. The molecule has 0 aliphatic heterocycles. The Balaban J connectivity index is 1.69. The number of benzene rings is 2. The first-order chi connectivity index (χ1) is 13.6. The first-order valence-corrected chi connectivity index (χ1v) is 10.6. The molecule has 2 aromatic carbocycles. The molecule has 0 radical (unpaired) electrons. The highest BCUT2D eigenvalue weighted by molar-refractivity contribution is 7.13. The SMILES string of the molecule is CN(CC(=O)O)C[C@H]1CCc2cc(-c3cccs3)ccc2[C@H]1c1ccccc1. The van der Waals surface area contributed by atoms with Crippen molar-refractivity contribution < 1.29 is 9.90 Å². The molecular weight excluding hydrogens is 366 g/mol. The molecule has 1 heterocycles. The van der Waals surface area contributed by atoms with E-state index >= 15 is 0 Å². The largest absolute Gasteiger partial charge is 0.480 e. The van der Waals surface area contributed by atoms with Crippen LogP contribution in [-0.2, 0) is 11.2 Å². The van der Waals surface area contributed by atoms with Gasteiger partial charge in [0.25, 0.3) is 0 Å². The number of hydrogen-bond donors (Lipinski definition) is 1. The number of fused-ring (bicyclic) bond motifs is 1. The lowest BCUT2D eigenvalue weighted by Crippen LogP contribution is -2.35. The van der Waals surface area contributed by atoms with E-state index in [-0.39, 0.29) is 6.54 Å². The number of carboxylic acids is 1. The topological polar surface area (TPSA) is 40.5 Å². The number of aliphatic carboxylic acids is 1. The van der Waals surface area contributed by atoms with E-state index in [2.05, 4.69) is 66.0 Å². The fourth-order valence-electron chi connectivity index (χ4n) is 4.49. The lowest BCUT2D eigenvalue weighted by Gasteiger charge is -2.36. The minimum Gasteiger partial charge on any atom is -0.480 e. The maximum absolute atomic E-state index is 11.1. The van der Waals surface area contributed by atoms with Gasteiger partial charge in [0.2, 0.25) is 0 Å². The molecule has 1 aromatic heterocycles. The van der Waals surface area contributed by atoms with E-state index in [9.17, 15) is 4.79 Å². The van der Waals surface area contributed by atoms with Gasteiger partial charge in [-0.05, 0) is 59.5 Å². The molecule has 0 spiro atoms. The maximum Gasteiger partial charge on any atom is 0.317 e. The minimum absolute atomic E-state index is 0.0855. The van der Waals surface area contributed by atoms with Crippen LogP contribution < -0.4 is 0 Å². The molecule has 1 aliphatic rings. The normalized spacial score (nSPS) is 18.8. The molecule has 1 N–H and O–H groups in total. The Morgan fingerprint density at radius 1 is 1.14 bits per heavy atom. The van der Waals surface area contributed by atoms with Crippen molar-refractivity contribution in [2.45, 2.75) is 18.8 Å². The van der Waals surface area contributed by atoms with Gasteiger partial charge >= 0.3 is 5.97 Å². The molecule has 4 rings (SSSR count). The molecule has 28 heavy (non-hydrogen) atoms. The Kier molecular flexibility index (Phi) is 5.60. The van der Waals surface area contributed by atoms with Gasteiger partial charge in [-0.1, -0.05) is 54.6 Å². The van der Waals surface area contributed by atoms with E-state index in [1.54, 1.807) is 11.3 Å². The average molecular weight is 392 g/mol. The monoisotopic (exact) mass is 391 g/mol. The molecule has 0 unspecified atom stereocenters. The van der Waals surface area contributed by atoms with Crippen LogP contribution in [-0.4, -0.2) is 36.1 Å². The standard InChI is InChI=1S/C24H25NO2S/c1-25(16-23(26)27)15-20-10-9-18-14-19(22-8-5-13-28-22)11-12-21(18)24(20)17-6-3-2-4-7-17/h2-8,11-14,20,24H,9-10,15-16H2,1H3,(H,26,27)/t20-,24+/m1/s1. The van der Waals surface area contributed by atoms with E-state index in [4.69, 9.17) is 5.11 Å². The number of nitrogens with zero attached hydrogens (tertiary/aromatic N) is 1. The van der Waals surface area contributed by atoms with Crippen LogP contribution in [0.15, 0.2) is 66.0 Å². The summed E-state index contributed by atoms with van der Waals surface area (Å²) in [4.78, 5) is 14.4. The fourth-order valence-corrected chi connectivity index (χ4v) is 5.21. The highest BCUT2D eigenvalue weighted by Crippen LogP contribution is 2.42. The van der Waals surface area contributed by atoms with Crippen molar-refractivity contribution >= 4 is 17.3 Å². The van der Waals surface area contributed by atoms with Crippen molar-refractivity contribution in [2.75, 3.05) is 20.1 Å². The van der Waals surface area contributed by atoms with Gasteiger partial charge in [-0.25, -0.2) is 0 Å². The van der Waals surface area contributed by atoms with Crippen molar-refractivity contribution in [2.24, 2.45) is 5.92 Å². The molecular formula is C24H25NO2S. The molecule has 0 saturated heterocycles. The van der Waals surface area contributed by atoms with Gasteiger partial charge in [0.05, 0.1) is 6.54 Å². The zero-order valence-electron chi connectivity index (χ0n) is 16.0. The Labute approximate surface area is 170 Å². The smallest absolute Gasteiger partial charge is 0.317 e. The molecule has 0 bridgehead atoms. The number of rotatable bonds is 6. The Morgan fingerprint density at radius 3 is 2.68 bits per heavy atom. The van der Waals surface area contributed by atoms with Gasteiger partial charge in [0.15, 0.2) is 0 Å². The Morgan fingerprint density at radius 2 is 1.96 bits per heavy atom. The van der Waals surface area contributed by atoms with Gasteiger partial charge in [-0.2, -0.15) is 0 Å². The first kappa shape index (κ1) is 18.9. The van der Waals surface area contributed by atoms with Crippen LogP contribution >= 0.6 is 11.3 Å². The molecule has 2 atom stereocenters. The van der Waals surface area contributed by atoms with E-state index in [0.717, 1.165) is 19.4 Å². The fraction of sp³-hybridized carbons (Fsp3) is 0.292. The number of carbonyl (C=O) groups is 1. The summed E-state index contributed by atoms with van der Waals surface area (Å²) in [5.74, 6) is -0.0546. The summed E-state index contributed by atoms with van der Waals surface area (Å²) in [6.45, 7) is 0.875. The summed E-state index contributed by atoms with van der Waals surface area (Å²) in [5.41, 5.74) is 5.44. The van der Waals surface area contributed by atoms with Gasteiger partial charge < -0.3 is 5.11 Å². The number of likely N-dealkylation sites (N-methyl/N-ethyl adjacent to an activating group) is 1. The molecule has 0 amide bonds. The van der Waals surface area contributed by atoms with E-state index in [1.807, 2.05) is 11.9 Å². The minimum atomic E-state index is -0.768. The summed E-state index contributed by atoms with van der Waals surface area (Å²) >= 11 is 1.78. The third-order valence-corrected chi connectivity index (χ3v) is 6.57. The number of aryl methyl sites for hydroxylation is 1. The van der Waals surface area contributed by atoms with Crippen molar-refractivity contribution in [3.63, 3.8) is 0 Å². The molecule has 0 fully saturated rings. The van der Waals surface area contributed by atoms with E-state index in [0.29, 0.717) is 11.8 Å². The Hall–Kier alpha value is -2.43. The first-order valence-electron chi connectivity index (χ1n) is 9.74.